The Morgan fingerprint density at radius 2 is 1.69 bits per heavy atom. The van der Waals surface area contributed by atoms with Gasteiger partial charge < -0.3 is 20.3 Å². The van der Waals surface area contributed by atoms with Crippen molar-refractivity contribution in [2.45, 2.75) is 45.2 Å². The van der Waals surface area contributed by atoms with Gasteiger partial charge in [-0.1, -0.05) is 12.1 Å². The van der Waals surface area contributed by atoms with Crippen molar-refractivity contribution >= 4 is 11.8 Å². The smallest absolute Gasteiger partial charge is 0.253 e. The summed E-state index contributed by atoms with van der Waals surface area (Å²) in [6.45, 7) is 7.29. The van der Waals surface area contributed by atoms with Crippen LogP contribution in [0.2, 0.25) is 0 Å². The fraction of sp³-hybridized carbons (Fsp3) is 0.536. The predicted molar refractivity (Wildman–Crippen MR) is 137 cm³/mol. The van der Waals surface area contributed by atoms with Crippen LogP contribution < -0.4 is 10.5 Å². The van der Waals surface area contributed by atoms with Gasteiger partial charge in [0.2, 0.25) is 5.91 Å². The van der Waals surface area contributed by atoms with Crippen molar-refractivity contribution in [2.75, 3.05) is 39.3 Å². The summed E-state index contributed by atoms with van der Waals surface area (Å²) >= 11 is 0. The third-order valence-electron chi connectivity index (χ3n) is 7.14. The normalized spacial score (nSPS) is 18.2. The van der Waals surface area contributed by atoms with Crippen molar-refractivity contribution in [1.82, 2.24) is 14.8 Å². The van der Waals surface area contributed by atoms with E-state index in [-0.39, 0.29) is 17.7 Å². The van der Waals surface area contributed by atoms with E-state index < -0.39 is 5.67 Å². The molecule has 2 amide bonds. The zero-order chi connectivity index (χ0) is 25.7. The number of carbonyl (C=O) groups excluding carboxylic acids is 2. The number of nitrogens with two attached hydrogens (primary N) is 1. The van der Waals surface area contributed by atoms with E-state index in [2.05, 4.69) is 9.88 Å². The van der Waals surface area contributed by atoms with Crippen LogP contribution in [0.1, 0.15) is 49.9 Å². The van der Waals surface area contributed by atoms with Gasteiger partial charge in [0.15, 0.2) is 0 Å². The van der Waals surface area contributed by atoms with Gasteiger partial charge in [0.1, 0.15) is 11.4 Å². The van der Waals surface area contributed by atoms with Gasteiger partial charge in [0, 0.05) is 36.7 Å². The van der Waals surface area contributed by atoms with Gasteiger partial charge in [-0.2, -0.15) is 0 Å². The molecule has 1 aromatic carbocycles. The minimum atomic E-state index is -1.16. The first kappa shape index (κ1) is 26.1. The Hall–Kier alpha value is -3.00. The van der Waals surface area contributed by atoms with Crippen LogP contribution >= 0.6 is 0 Å². The molecule has 2 fully saturated rings. The van der Waals surface area contributed by atoms with E-state index in [0.717, 1.165) is 42.9 Å². The highest BCUT2D eigenvalue weighted by Crippen LogP contribution is 2.24. The molecule has 0 bridgehead atoms. The zero-order valence-corrected chi connectivity index (χ0v) is 21.3. The fourth-order valence-corrected chi connectivity index (χ4v) is 5.03. The summed E-state index contributed by atoms with van der Waals surface area (Å²) in [6.07, 6.45) is 4.99. The summed E-state index contributed by atoms with van der Waals surface area (Å²) in [5, 5.41) is 0. The number of hydrogen-bond donors (Lipinski definition) is 1. The molecule has 3 heterocycles. The number of likely N-dealkylation sites (tertiary alicyclic amines) is 2. The van der Waals surface area contributed by atoms with Crippen molar-refractivity contribution in [1.29, 1.82) is 0 Å². The van der Waals surface area contributed by atoms with Crippen molar-refractivity contribution in [3.05, 3.63) is 48.2 Å². The molecule has 0 radical (unpaired) electrons. The Balaban J connectivity index is 1.25. The topological polar surface area (TPSA) is 88.8 Å². The zero-order valence-electron chi connectivity index (χ0n) is 21.3. The monoisotopic (exact) mass is 496 g/mol. The van der Waals surface area contributed by atoms with Crippen LogP contribution in [0.15, 0.2) is 42.6 Å². The molecule has 0 unspecified atom stereocenters. The Bertz CT molecular complexity index is 1020. The fourth-order valence-electron chi connectivity index (χ4n) is 5.03. The second kappa shape index (κ2) is 11.4. The number of nitrogens with zero attached hydrogens (tertiary/aromatic N) is 3. The number of piperidine rings is 2. The van der Waals surface area contributed by atoms with E-state index in [9.17, 15) is 14.0 Å². The second-order valence-electron chi connectivity index (χ2n) is 10.7. The maximum absolute atomic E-state index is 13.9. The summed E-state index contributed by atoms with van der Waals surface area (Å²) in [7, 11) is 0. The lowest BCUT2D eigenvalue weighted by Crippen LogP contribution is -2.41. The number of pyridine rings is 1. The molecule has 0 aliphatic carbocycles. The molecule has 2 N–H and O–H groups in total. The lowest BCUT2D eigenvalue weighted by Gasteiger charge is -2.34. The van der Waals surface area contributed by atoms with Crippen LogP contribution in [0.25, 0.3) is 11.3 Å². The molecule has 194 valence electrons. The van der Waals surface area contributed by atoms with Crippen LogP contribution in [0.4, 0.5) is 4.39 Å². The van der Waals surface area contributed by atoms with Crippen molar-refractivity contribution in [2.24, 2.45) is 17.6 Å². The van der Waals surface area contributed by atoms with Gasteiger partial charge in [0.05, 0.1) is 18.5 Å². The molecular formula is C28H37FN4O3. The van der Waals surface area contributed by atoms with E-state index in [1.807, 2.05) is 36.4 Å². The van der Waals surface area contributed by atoms with E-state index >= 15 is 0 Å². The molecule has 0 atom stereocenters. The number of hydrogen-bond acceptors (Lipinski definition) is 5. The number of halogens is 1. The summed E-state index contributed by atoms with van der Waals surface area (Å²) in [5.74, 6) is 0.755. The van der Waals surface area contributed by atoms with Crippen LogP contribution in [-0.4, -0.2) is 71.6 Å². The van der Waals surface area contributed by atoms with Gasteiger partial charge in [-0.05, 0) is 82.8 Å². The summed E-state index contributed by atoms with van der Waals surface area (Å²) in [4.78, 5) is 32.7. The van der Waals surface area contributed by atoms with Gasteiger partial charge in [-0.15, -0.1) is 0 Å². The first-order valence-electron chi connectivity index (χ1n) is 12.9. The van der Waals surface area contributed by atoms with Crippen LogP contribution in [0, 0.1) is 11.8 Å². The Morgan fingerprint density at radius 1 is 1.03 bits per heavy atom. The number of ether oxygens (including phenoxy) is 1. The van der Waals surface area contributed by atoms with E-state index in [1.54, 1.807) is 24.9 Å². The van der Waals surface area contributed by atoms with Crippen molar-refractivity contribution in [3.8, 4) is 17.0 Å². The van der Waals surface area contributed by atoms with Crippen LogP contribution in [0.5, 0.6) is 5.75 Å². The summed E-state index contributed by atoms with van der Waals surface area (Å²) in [6, 6.07) is 11.3. The molecule has 36 heavy (non-hydrogen) atoms. The number of primary amides is 1. The highest BCUT2D eigenvalue weighted by atomic mass is 19.1. The number of amides is 2. The van der Waals surface area contributed by atoms with Gasteiger partial charge >= 0.3 is 0 Å². The number of carbonyl (C=O) groups is 2. The third-order valence-corrected chi connectivity index (χ3v) is 7.14. The van der Waals surface area contributed by atoms with Crippen molar-refractivity contribution < 1.29 is 18.7 Å². The molecular weight excluding hydrogens is 459 g/mol. The van der Waals surface area contributed by atoms with Gasteiger partial charge in [-0.25, -0.2) is 4.39 Å². The number of benzene rings is 1. The van der Waals surface area contributed by atoms with E-state index in [4.69, 9.17) is 10.5 Å². The lowest BCUT2D eigenvalue weighted by molar-refractivity contribution is -0.123. The molecule has 4 rings (SSSR count). The standard InChI is InChI=1S/C28H37FN4O3/c1-28(2,29)19-32-13-9-20(10-14-32)18-36-24-7-8-25(31-17-24)21-3-5-23(6-4-21)27(35)33-15-11-22(12-16-33)26(30)34/h3-8,17,20,22H,9-16,18-19H2,1-2H3,(H2,30,34). The van der Waals surface area contributed by atoms with E-state index in [0.29, 0.717) is 50.6 Å². The number of rotatable bonds is 8. The molecule has 7 nitrogen and oxygen atoms in total. The number of alkyl halides is 1. The first-order valence-corrected chi connectivity index (χ1v) is 12.9. The van der Waals surface area contributed by atoms with Crippen LogP contribution in [0.3, 0.4) is 0 Å². The Morgan fingerprint density at radius 3 is 2.25 bits per heavy atom. The molecule has 2 aromatic rings. The molecule has 8 heteroatoms. The molecule has 2 aliphatic heterocycles. The number of aromatic nitrogens is 1. The molecule has 2 saturated heterocycles. The van der Waals surface area contributed by atoms with Crippen LogP contribution in [-0.2, 0) is 4.79 Å². The SMILES string of the molecule is CC(C)(F)CN1CCC(COc2ccc(-c3ccc(C(=O)N4CCC(C(N)=O)CC4)cc3)nc2)CC1. The lowest BCUT2D eigenvalue weighted by atomic mass is 9.95. The van der Waals surface area contributed by atoms with Crippen molar-refractivity contribution in [3.63, 3.8) is 0 Å². The average Bonchev–Trinajstić information content (AvgIpc) is 2.87. The van der Waals surface area contributed by atoms with Gasteiger partial charge in [0.25, 0.3) is 5.91 Å². The third kappa shape index (κ3) is 7.03. The minimum Gasteiger partial charge on any atom is -0.492 e. The maximum Gasteiger partial charge on any atom is 0.253 e. The predicted octanol–water partition coefficient (Wildman–Crippen LogP) is 3.93. The Kier molecular flexibility index (Phi) is 8.24. The Labute approximate surface area is 212 Å². The summed E-state index contributed by atoms with van der Waals surface area (Å²) < 4.78 is 19.8. The first-order chi connectivity index (χ1) is 17.2. The molecule has 1 aromatic heterocycles. The summed E-state index contributed by atoms with van der Waals surface area (Å²) in [5.41, 5.74) is 6.59. The maximum atomic E-state index is 13.9. The minimum absolute atomic E-state index is 0.0274. The molecule has 0 saturated carbocycles. The second-order valence-corrected chi connectivity index (χ2v) is 10.7. The van der Waals surface area contributed by atoms with Gasteiger partial charge in [-0.3, -0.25) is 14.6 Å². The van der Waals surface area contributed by atoms with E-state index in [1.165, 1.54) is 0 Å². The highest BCUT2D eigenvalue weighted by Gasteiger charge is 2.27. The highest BCUT2D eigenvalue weighted by molar-refractivity contribution is 5.94. The molecule has 2 aliphatic rings. The molecule has 0 spiro atoms. The largest absolute Gasteiger partial charge is 0.492 e. The quantitative estimate of drug-likeness (QED) is 0.598. The average molecular weight is 497 g/mol.